The molecule has 5 heteroatoms. The van der Waals surface area contributed by atoms with E-state index in [-0.39, 0.29) is 15.2 Å². The van der Waals surface area contributed by atoms with E-state index >= 15 is 0 Å². The molecular weight excluding hydrogens is 386 g/mol. The third-order valence-electron chi connectivity index (χ3n) is 4.35. The summed E-state index contributed by atoms with van der Waals surface area (Å²) in [5.74, 6) is 2.01. The lowest BCUT2D eigenvalue weighted by Crippen LogP contribution is -2.39. The van der Waals surface area contributed by atoms with Crippen LogP contribution in [0.3, 0.4) is 0 Å². The molecule has 0 N–H and O–H groups in total. The van der Waals surface area contributed by atoms with Crippen LogP contribution in [0.2, 0.25) is 0 Å². The van der Waals surface area contributed by atoms with Crippen LogP contribution in [0.4, 0.5) is 0 Å². The highest BCUT2D eigenvalue weighted by Crippen LogP contribution is 2.64. The first kappa shape index (κ1) is 14.4. The van der Waals surface area contributed by atoms with Gasteiger partial charge in [-0.2, -0.15) is 0 Å². The zero-order chi connectivity index (χ0) is 14.5. The number of nitrogens with zero attached hydrogens (tertiary/aromatic N) is 1. The first-order valence-electron chi connectivity index (χ1n) is 6.75. The van der Waals surface area contributed by atoms with E-state index in [1.165, 1.54) is 0 Å². The molecule has 1 aliphatic heterocycles. The Hall–Kier alpha value is -0.550. The Morgan fingerprint density at radius 2 is 2.00 bits per heavy atom. The number of hydrogen-bond donors (Lipinski definition) is 0. The van der Waals surface area contributed by atoms with Gasteiger partial charge < -0.3 is 9.64 Å². The van der Waals surface area contributed by atoms with Crippen molar-refractivity contribution < 1.29 is 9.53 Å². The van der Waals surface area contributed by atoms with Crippen LogP contribution in [-0.2, 0) is 11.3 Å². The van der Waals surface area contributed by atoms with Gasteiger partial charge in [-0.25, -0.2) is 0 Å². The first-order valence-corrected chi connectivity index (χ1v) is 8.34. The fourth-order valence-electron chi connectivity index (χ4n) is 3.21. The third-order valence-corrected chi connectivity index (χ3v) is 6.34. The van der Waals surface area contributed by atoms with E-state index in [0.717, 1.165) is 11.3 Å². The Bertz CT molecular complexity index is 529. The molecule has 1 amide bonds. The number of carbonyl (C=O) groups excluding carboxylic acids is 1. The van der Waals surface area contributed by atoms with Crippen molar-refractivity contribution in [2.24, 2.45) is 11.8 Å². The predicted octanol–water partition coefficient (Wildman–Crippen LogP) is 3.55. The number of piperidine rings is 1. The first-order chi connectivity index (χ1) is 9.45. The zero-order valence-electron chi connectivity index (χ0n) is 11.5. The average molecular weight is 403 g/mol. The smallest absolute Gasteiger partial charge is 0.223 e. The third kappa shape index (κ3) is 2.29. The summed E-state index contributed by atoms with van der Waals surface area (Å²) >= 11 is 7.45. The number of carbonyl (C=O) groups is 1. The second kappa shape index (κ2) is 5.02. The largest absolute Gasteiger partial charge is 0.497 e. The normalized spacial score (nSPS) is 30.9. The van der Waals surface area contributed by atoms with E-state index in [1.54, 1.807) is 7.11 Å². The van der Waals surface area contributed by atoms with E-state index in [4.69, 9.17) is 4.74 Å². The van der Waals surface area contributed by atoms with Crippen LogP contribution in [0.15, 0.2) is 24.3 Å². The minimum Gasteiger partial charge on any atom is -0.497 e. The zero-order valence-corrected chi connectivity index (χ0v) is 14.6. The van der Waals surface area contributed by atoms with Gasteiger partial charge in [0.2, 0.25) is 5.91 Å². The van der Waals surface area contributed by atoms with Gasteiger partial charge in [-0.1, -0.05) is 50.9 Å². The van der Waals surface area contributed by atoms with Gasteiger partial charge in [-0.3, -0.25) is 4.79 Å². The van der Waals surface area contributed by atoms with Crippen molar-refractivity contribution >= 4 is 37.8 Å². The van der Waals surface area contributed by atoms with E-state index < -0.39 is 0 Å². The SMILES string of the molecule is COc1ccc(CN2C(=O)CC(C)[C@H]3[C@H]2C3(Br)Br)cc1. The van der Waals surface area contributed by atoms with Gasteiger partial charge in [0.1, 0.15) is 8.98 Å². The van der Waals surface area contributed by atoms with Crippen LogP contribution in [0, 0.1) is 11.8 Å². The van der Waals surface area contributed by atoms with Gasteiger partial charge in [0.15, 0.2) is 0 Å². The number of hydrogen-bond acceptors (Lipinski definition) is 2. The van der Waals surface area contributed by atoms with Crippen molar-refractivity contribution in [1.29, 1.82) is 0 Å². The Balaban J connectivity index is 1.77. The Morgan fingerprint density at radius 1 is 1.35 bits per heavy atom. The van der Waals surface area contributed by atoms with Crippen LogP contribution in [0.1, 0.15) is 18.9 Å². The quantitative estimate of drug-likeness (QED) is 0.723. The van der Waals surface area contributed by atoms with Crippen molar-refractivity contribution in [3.63, 3.8) is 0 Å². The number of amides is 1. The minimum absolute atomic E-state index is 0.0992. The highest BCUT2D eigenvalue weighted by molar-refractivity contribution is 9.25. The predicted molar refractivity (Wildman–Crippen MR) is 85.2 cm³/mol. The summed E-state index contributed by atoms with van der Waals surface area (Å²) in [6.07, 6.45) is 0.635. The molecule has 1 saturated carbocycles. The summed E-state index contributed by atoms with van der Waals surface area (Å²) in [6, 6.07) is 8.16. The molecule has 1 aromatic rings. The van der Waals surface area contributed by atoms with Crippen LogP contribution in [-0.4, -0.2) is 27.2 Å². The molecule has 1 aromatic carbocycles. The molecule has 20 heavy (non-hydrogen) atoms. The standard InChI is InChI=1S/C15H17Br2NO2/c1-9-7-12(19)18(14-13(9)15(14,16)17)8-10-3-5-11(20-2)6-4-10/h3-6,9,13-14H,7-8H2,1-2H3/t9?,13-,14-/m0/s1. The number of likely N-dealkylation sites (tertiary alicyclic amines) is 1. The fraction of sp³-hybridized carbons (Fsp3) is 0.533. The second-order valence-corrected chi connectivity index (χ2v) is 9.38. The summed E-state index contributed by atoms with van der Waals surface area (Å²) in [5.41, 5.74) is 1.13. The van der Waals surface area contributed by atoms with Crippen LogP contribution in [0.5, 0.6) is 5.75 Å². The topological polar surface area (TPSA) is 29.5 Å². The number of alkyl halides is 2. The summed E-state index contributed by atoms with van der Waals surface area (Å²) in [5, 5.41) is 0. The monoisotopic (exact) mass is 401 g/mol. The van der Waals surface area contributed by atoms with E-state index in [2.05, 4.69) is 38.8 Å². The van der Waals surface area contributed by atoms with Crippen LogP contribution >= 0.6 is 31.9 Å². The van der Waals surface area contributed by atoms with Crippen LogP contribution < -0.4 is 4.74 Å². The molecule has 0 aromatic heterocycles. The molecule has 1 unspecified atom stereocenters. The summed E-state index contributed by atoms with van der Waals surface area (Å²) in [6.45, 7) is 2.82. The Labute approximate surface area is 135 Å². The van der Waals surface area contributed by atoms with Crippen molar-refractivity contribution in [2.75, 3.05) is 7.11 Å². The highest BCUT2D eigenvalue weighted by Gasteiger charge is 2.69. The molecule has 2 fully saturated rings. The molecule has 0 spiro atoms. The molecule has 3 atom stereocenters. The number of rotatable bonds is 3. The number of fused-ring (bicyclic) bond motifs is 1. The van der Waals surface area contributed by atoms with Gasteiger partial charge in [0, 0.05) is 18.9 Å². The Morgan fingerprint density at radius 3 is 2.60 bits per heavy atom. The van der Waals surface area contributed by atoms with E-state index in [0.29, 0.717) is 24.8 Å². The maximum atomic E-state index is 12.3. The summed E-state index contributed by atoms with van der Waals surface area (Å²) < 4.78 is 5.06. The minimum atomic E-state index is -0.0992. The molecule has 0 bridgehead atoms. The fourth-order valence-corrected chi connectivity index (χ4v) is 5.42. The molecule has 1 heterocycles. The Kier molecular flexibility index (Phi) is 3.61. The summed E-state index contributed by atoms with van der Waals surface area (Å²) in [7, 11) is 1.66. The number of methoxy groups -OCH3 is 1. The molecule has 3 nitrogen and oxygen atoms in total. The molecule has 108 valence electrons. The maximum Gasteiger partial charge on any atom is 0.223 e. The van der Waals surface area contributed by atoms with Gasteiger partial charge in [0.05, 0.1) is 13.2 Å². The lowest BCUT2D eigenvalue weighted by atomic mass is 9.97. The highest BCUT2D eigenvalue weighted by atomic mass is 79.9. The maximum absolute atomic E-state index is 12.3. The number of ether oxygens (including phenoxy) is 1. The second-order valence-electron chi connectivity index (χ2n) is 5.70. The van der Waals surface area contributed by atoms with Crippen molar-refractivity contribution in [2.45, 2.75) is 29.2 Å². The van der Waals surface area contributed by atoms with Crippen molar-refractivity contribution in [3.8, 4) is 5.75 Å². The van der Waals surface area contributed by atoms with Gasteiger partial charge in [-0.05, 0) is 23.6 Å². The molecule has 1 aliphatic carbocycles. The van der Waals surface area contributed by atoms with Crippen LogP contribution in [0.25, 0.3) is 0 Å². The lowest BCUT2D eigenvalue weighted by molar-refractivity contribution is -0.136. The number of benzene rings is 1. The lowest BCUT2D eigenvalue weighted by Gasteiger charge is -2.29. The molecule has 2 aliphatic rings. The van der Waals surface area contributed by atoms with Crippen molar-refractivity contribution in [1.82, 2.24) is 4.90 Å². The molecular formula is C15H17Br2NO2. The van der Waals surface area contributed by atoms with Crippen molar-refractivity contribution in [3.05, 3.63) is 29.8 Å². The average Bonchev–Trinajstić information content (AvgIpc) is 2.99. The molecule has 0 radical (unpaired) electrons. The van der Waals surface area contributed by atoms with E-state index in [9.17, 15) is 4.79 Å². The van der Waals surface area contributed by atoms with E-state index in [1.807, 2.05) is 29.2 Å². The van der Waals surface area contributed by atoms with Gasteiger partial charge >= 0.3 is 0 Å². The van der Waals surface area contributed by atoms with Gasteiger partial charge in [-0.15, -0.1) is 0 Å². The molecule has 1 saturated heterocycles. The summed E-state index contributed by atoms with van der Waals surface area (Å²) in [4.78, 5) is 14.3. The number of halogens is 2. The molecule has 3 rings (SSSR count). The van der Waals surface area contributed by atoms with Gasteiger partial charge in [0.25, 0.3) is 0 Å².